The van der Waals surface area contributed by atoms with Gasteiger partial charge in [-0.1, -0.05) is 11.6 Å². The zero-order valence-corrected chi connectivity index (χ0v) is 13.5. The molecule has 0 saturated carbocycles. The molecule has 0 aliphatic carbocycles. The van der Waals surface area contributed by atoms with E-state index in [1.165, 1.54) is 12.8 Å². The highest BCUT2D eigenvalue weighted by atomic mass is 35.5. The Bertz CT molecular complexity index is 823. The third-order valence-electron chi connectivity index (χ3n) is 4.37. The molecule has 1 aliphatic rings. The molecule has 1 N–H and O–H groups in total. The lowest BCUT2D eigenvalue weighted by molar-refractivity contribution is 0.321. The highest BCUT2D eigenvalue weighted by Gasteiger charge is 2.14. The Kier molecular flexibility index (Phi) is 3.97. The molecule has 0 radical (unpaired) electrons. The van der Waals surface area contributed by atoms with E-state index in [1.54, 1.807) is 6.07 Å². The van der Waals surface area contributed by atoms with Crippen molar-refractivity contribution < 1.29 is 0 Å². The van der Waals surface area contributed by atoms with Gasteiger partial charge in [-0.15, -0.1) is 0 Å². The predicted octanol–water partition coefficient (Wildman–Crippen LogP) is 3.15. The summed E-state index contributed by atoms with van der Waals surface area (Å²) >= 11 is 5.97. The van der Waals surface area contributed by atoms with E-state index < -0.39 is 0 Å². The number of hydrogen-bond acceptors (Lipinski definition) is 4. The molecule has 4 heterocycles. The van der Waals surface area contributed by atoms with E-state index in [9.17, 15) is 0 Å². The van der Waals surface area contributed by atoms with Crippen molar-refractivity contribution in [2.45, 2.75) is 19.4 Å². The summed E-state index contributed by atoms with van der Waals surface area (Å²) in [5.41, 5.74) is 3.74. The lowest BCUT2D eigenvalue weighted by Gasteiger charge is -2.22. The van der Waals surface area contributed by atoms with Crippen LogP contribution < -0.4 is 5.32 Å². The van der Waals surface area contributed by atoms with Crippen molar-refractivity contribution in [3.05, 3.63) is 41.9 Å². The number of piperidine rings is 1. The second-order valence-electron chi connectivity index (χ2n) is 6.04. The quantitative estimate of drug-likeness (QED) is 0.751. The van der Waals surface area contributed by atoms with Crippen molar-refractivity contribution in [1.82, 2.24) is 25.1 Å². The molecule has 0 amide bonds. The van der Waals surface area contributed by atoms with Crippen LogP contribution in [-0.4, -0.2) is 32.8 Å². The lowest BCUT2D eigenvalue weighted by Crippen LogP contribution is -2.29. The van der Waals surface area contributed by atoms with Gasteiger partial charge in [0.2, 0.25) is 0 Å². The van der Waals surface area contributed by atoms with Crippen LogP contribution >= 0.6 is 11.6 Å². The SMILES string of the molecule is Clc1ccc2ncc(-c3cnn(CC4CCNCC4)c3)cc2n1. The van der Waals surface area contributed by atoms with Gasteiger partial charge < -0.3 is 5.32 Å². The van der Waals surface area contributed by atoms with Gasteiger partial charge in [-0.3, -0.25) is 9.67 Å². The van der Waals surface area contributed by atoms with Crippen LogP contribution in [0.15, 0.2) is 36.8 Å². The van der Waals surface area contributed by atoms with Crippen LogP contribution in [0.3, 0.4) is 0 Å². The molecule has 0 atom stereocenters. The minimum absolute atomic E-state index is 0.484. The lowest BCUT2D eigenvalue weighted by atomic mass is 9.98. The maximum absolute atomic E-state index is 5.97. The number of halogens is 1. The molecule has 3 aromatic rings. The van der Waals surface area contributed by atoms with Gasteiger partial charge in [-0.2, -0.15) is 5.10 Å². The van der Waals surface area contributed by atoms with Gasteiger partial charge >= 0.3 is 0 Å². The minimum atomic E-state index is 0.484. The standard InChI is InChI=1S/C17H18ClN5/c18-17-2-1-15-16(22-17)7-13(8-20-15)14-9-21-23(11-14)10-12-3-5-19-6-4-12/h1-2,7-9,11-12,19H,3-6,10H2. The van der Waals surface area contributed by atoms with Crippen molar-refractivity contribution in [3.63, 3.8) is 0 Å². The number of aromatic nitrogens is 4. The molecule has 0 unspecified atom stereocenters. The van der Waals surface area contributed by atoms with Gasteiger partial charge in [0.15, 0.2) is 0 Å². The van der Waals surface area contributed by atoms with E-state index in [2.05, 4.69) is 26.6 Å². The number of nitrogens with one attached hydrogen (secondary N) is 1. The number of fused-ring (bicyclic) bond motifs is 1. The van der Waals surface area contributed by atoms with Crippen LogP contribution in [0, 0.1) is 5.92 Å². The molecule has 4 rings (SSSR count). The van der Waals surface area contributed by atoms with E-state index in [1.807, 2.05) is 29.2 Å². The maximum atomic E-state index is 5.97. The number of hydrogen-bond donors (Lipinski definition) is 1. The van der Waals surface area contributed by atoms with E-state index >= 15 is 0 Å². The fourth-order valence-corrected chi connectivity index (χ4v) is 3.23. The van der Waals surface area contributed by atoms with Crippen LogP contribution in [0.1, 0.15) is 12.8 Å². The summed E-state index contributed by atoms with van der Waals surface area (Å²) in [4.78, 5) is 8.79. The Labute approximate surface area is 139 Å². The third-order valence-corrected chi connectivity index (χ3v) is 4.58. The molecular formula is C17H18ClN5. The summed E-state index contributed by atoms with van der Waals surface area (Å²) in [5.74, 6) is 0.708. The molecule has 5 nitrogen and oxygen atoms in total. The first kappa shape index (κ1) is 14.6. The smallest absolute Gasteiger partial charge is 0.129 e. The summed E-state index contributed by atoms with van der Waals surface area (Å²) in [7, 11) is 0. The van der Waals surface area contributed by atoms with Crippen LogP contribution in [0.2, 0.25) is 5.15 Å². The van der Waals surface area contributed by atoms with Crippen LogP contribution in [0.4, 0.5) is 0 Å². The Morgan fingerprint density at radius 3 is 2.87 bits per heavy atom. The highest BCUT2D eigenvalue weighted by molar-refractivity contribution is 6.29. The molecule has 23 heavy (non-hydrogen) atoms. The normalized spacial score (nSPS) is 16.0. The van der Waals surface area contributed by atoms with E-state index in [4.69, 9.17) is 11.6 Å². The fourth-order valence-electron chi connectivity index (χ4n) is 3.08. The van der Waals surface area contributed by atoms with Gasteiger partial charge in [0.05, 0.1) is 17.2 Å². The van der Waals surface area contributed by atoms with Gasteiger partial charge in [0.25, 0.3) is 0 Å². The summed E-state index contributed by atoms with van der Waals surface area (Å²) < 4.78 is 2.04. The van der Waals surface area contributed by atoms with Crippen molar-refractivity contribution in [2.75, 3.05) is 13.1 Å². The number of pyridine rings is 2. The van der Waals surface area contributed by atoms with E-state index in [-0.39, 0.29) is 0 Å². The first-order chi connectivity index (χ1) is 11.3. The highest BCUT2D eigenvalue weighted by Crippen LogP contribution is 2.23. The van der Waals surface area contributed by atoms with E-state index in [0.717, 1.165) is 41.8 Å². The molecule has 0 bridgehead atoms. The molecule has 6 heteroatoms. The minimum Gasteiger partial charge on any atom is -0.317 e. The van der Waals surface area contributed by atoms with Crippen molar-refractivity contribution >= 4 is 22.6 Å². The summed E-state index contributed by atoms with van der Waals surface area (Å²) in [6.07, 6.45) is 8.29. The van der Waals surface area contributed by atoms with Gasteiger partial charge in [-0.25, -0.2) is 4.98 Å². The zero-order chi connectivity index (χ0) is 15.6. The maximum Gasteiger partial charge on any atom is 0.129 e. The molecule has 3 aromatic heterocycles. The van der Waals surface area contributed by atoms with Crippen molar-refractivity contribution in [1.29, 1.82) is 0 Å². The Balaban J connectivity index is 1.58. The predicted molar refractivity (Wildman–Crippen MR) is 91.4 cm³/mol. The molecule has 0 aromatic carbocycles. The van der Waals surface area contributed by atoms with Crippen LogP contribution in [0.25, 0.3) is 22.2 Å². The van der Waals surface area contributed by atoms with Gasteiger partial charge in [0.1, 0.15) is 5.15 Å². The fraction of sp³-hybridized carbons (Fsp3) is 0.353. The monoisotopic (exact) mass is 327 g/mol. The molecule has 1 fully saturated rings. The molecule has 118 valence electrons. The number of rotatable bonds is 3. The Morgan fingerprint density at radius 1 is 1.13 bits per heavy atom. The largest absolute Gasteiger partial charge is 0.317 e. The summed E-state index contributed by atoms with van der Waals surface area (Å²) in [6.45, 7) is 3.20. The van der Waals surface area contributed by atoms with E-state index in [0.29, 0.717) is 11.1 Å². The Morgan fingerprint density at radius 2 is 2.00 bits per heavy atom. The van der Waals surface area contributed by atoms with Crippen LogP contribution in [0.5, 0.6) is 0 Å². The third kappa shape index (κ3) is 3.21. The number of nitrogens with zero attached hydrogens (tertiary/aromatic N) is 4. The molecular weight excluding hydrogens is 310 g/mol. The average Bonchev–Trinajstić information content (AvgIpc) is 3.03. The summed E-state index contributed by atoms with van der Waals surface area (Å²) in [5, 5.41) is 8.39. The average molecular weight is 328 g/mol. The first-order valence-corrected chi connectivity index (χ1v) is 8.31. The van der Waals surface area contributed by atoms with Gasteiger partial charge in [0, 0.05) is 30.1 Å². The summed E-state index contributed by atoms with van der Waals surface area (Å²) in [6, 6.07) is 5.66. The van der Waals surface area contributed by atoms with Crippen molar-refractivity contribution in [3.8, 4) is 11.1 Å². The molecule has 0 spiro atoms. The Hall–Kier alpha value is -1.98. The van der Waals surface area contributed by atoms with Crippen LogP contribution in [-0.2, 0) is 6.54 Å². The van der Waals surface area contributed by atoms with Gasteiger partial charge in [-0.05, 0) is 50.0 Å². The molecule has 1 saturated heterocycles. The first-order valence-electron chi connectivity index (χ1n) is 7.94. The second kappa shape index (κ2) is 6.26. The van der Waals surface area contributed by atoms with Crippen molar-refractivity contribution in [2.24, 2.45) is 5.92 Å². The second-order valence-corrected chi connectivity index (χ2v) is 6.43. The topological polar surface area (TPSA) is 55.6 Å². The molecule has 1 aliphatic heterocycles. The zero-order valence-electron chi connectivity index (χ0n) is 12.7.